The molecule has 25 heavy (non-hydrogen) atoms. The minimum atomic E-state index is -1.18. The van der Waals surface area contributed by atoms with Crippen LogP contribution in [0.15, 0.2) is 34.7 Å². The molecule has 1 aromatic heterocycles. The lowest BCUT2D eigenvalue weighted by molar-refractivity contribution is -0.123. The maximum Gasteiger partial charge on any atom is 0.227 e. The van der Waals surface area contributed by atoms with Gasteiger partial charge in [-0.05, 0) is 51.0 Å². The van der Waals surface area contributed by atoms with Gasteiger partial charge in [0.2, 0.25) is 5.91 Å². The van der Waals surface area contributed by atoms with E-state index in [4.69, 9.17) is 9.15 Å². The summed E-state index contributed by atoms with van der Waals surface area (Å²) in [5.41, 5.74) is 0.439. The average molecular weight is 345 g/mol. The van der Waals surface area contributed by atoms with Crippen molar-refractivity contribution < 1.29 is 19.1 Å². The van der Waals surface area contributed by atoms with Crippen molar-refractivity contribution in [3.8, 4) is 5.75 Å². The van der Waals surface area contributed by atoms with Gasteiger partial charge in [0.05, 0.1) is 19.6 Å². The molecule has 2 rings (SSSR count). The van der Waals surface area contributed by atoms with E-state index in [9.17, 15) is 9.90 Å². The lowest BCUT2D eigenvalue weighted by Gasteiger charge is -2.25. The summed E-state index contributed by atoms with van der Waals surface area (Å²) in [7, 11) is 1.61. The maximum absolute atomic E-state index is 12.6. The molecule has 5 heteroatoms. The van der Waals surface area contributed by atoms with Crippen LogP contribution in [-0.4, -0.2) is 24.7 Å². The molecule has 136 valence electrons. The zero-order chi connectivity index (χ0) is 18.6. The van der Waals surface area contributed by atoms with E-state index in [1.807, 2.05) is 51.1 Å². The summed E-state index contributed by atoms with van der Waals surface area (Å²) in [4.78, 5) is 12.6. The topological polar surface area (TPSA) is 71.7 Å². The maximum atomic E-state index is 12.6. The van der Waals surface area contributed by atoms with Gasteiger partial charge < -0.3 is 19.6 Å². The molecule has 1 aromatic carbocycles. The van der Waals surface area contributed by atoms with Crippen molar-refractivity contribution in [2.75, 3.05) is 13.7 Å². The zero-order valence-electron chi connectivity index (χ0n) is 15.6. The molecule has 0 aliphatic heterocycles. The van der Waals surface area contributed by atoms with Crippen molar-refractivity contribution in [1.29, 1.82) is 0 Å². The van der Waals surface area contributed by atoms with Gasteiger partial charge in [0.15, 0.2) is 0 Å². The number of rotatable bonds is 7. The van der Waals surface area contributed by atoms with E-state index in [2.05, 4.69) is 5.32 Å². The third-order valence-electron chi connectivity index (χ3n) is 4.47. The molecule has 2 unspecified atom stereocenters. The van der Waals surface area contributed by atoms with E-state index < -0.39 is 5.60 Å². The van der Waals surface area contributed by atoms with E-state index in [-0.39, 0.29) is 18.4 Å². The first-order valence-corrected chi connectivity index (χ1v) is 8.50. The fourth-order valence-electron chi connectivity index (χ4n) is 3.05. The first kappa shape index (κ1) is 19.1. The summed E-state index contributed by atoms with van der Waals surface area (Å²) < 4.78 is 10.6. The minimum absolute atomic E-state index is 0.106. The van der Waals surface area contributed by atoms with Crippen LogP contribution in [0.3, 0.4) is 0 Å². The summed E-state index contributed by atoms with van der Waals surface area (Å²) in [5, 5.41) is 13.6. The number of benzene rings is 1. The van der Waals surface area contributed by atoms with E-state index in [1.165, 1.54) is 0 Å². The van der Waals surface area contributed by atoms with Gasteiger partial charge in [0.25, 0.3) is 0 Å². The lowest BCUT2D eigenvalue weighted by Crippen LogP contribution is -2.40. The summed E-state index contributed by atoms with van der Waals surface area (Å²) in [6.07, 6.45) is 0.671. The number of hydrogen-bond donors (Lipinski definition) is 2. The average Bonchev–Trinajstić information content (AvgIpc) is 2.93. The van der Waals surface area contributed by atoms with E-state index in [0.29, 0.717) is 17.7 Å². The molecule has 0 saturated heterocycles. The van der Waals surface area contributed by atoms with Gasteiger partial charge in [0.1, 0.15) is 22.9 Å². The second-order valence-electron chi connectivity index (χ2n) is 6.55. The summed E-state index contributed by atoms with van der Waals surface area (Å²) in [6.45, 7) is 7.42. The number of methoxy groups -OCH3 is 1. The second-order valence-corrected chi connectivity index (χ2v) is 6.55. The van der Waals surface area contributed by atoms with Crippen molar-refractivity contribution in [2.24, 2.45) is 0 Å². The predicted molar refractivity (Wildman–Crippen MR) is 96.8 cm³/mol. The van der Waals surface area contributed by atoms with Gasteiger partial charge in [-0.3, -0.25) is 4.79 Å². The Balaban J connectivity index is 2.07. The van der Waals surface area contributed by atoms with Gasteiger partial charge >= 0.3 is 0 Å². The number of carbonyl (C=O) groups excluding carboxylic acids is 1. The van der Waals surface area contributed by atoms with Gasteiger partial charge in [-0.2, -0.15) is 0 Å². The molecule has 2 atom stereocenters. The first-order valence-electron chi connectivity index (χ1n) is 8.50. The van der Waals surface area contributed by atoms with Crippen LogP contribution in [0.4, 0.5) is 0 Å². The van der Waals surface area contributed by atoms with Crippen molar-refractivity contribution in [3.05, 3.63) is 53.0 Å². The zero-order valence-corrected chi connectivity index (χ0v) is 15.6. The molecule has 0 aliphatic carbocycles. The number of furan rings is 1. The number of ether oxygens (including phenoxy) is 1. The SMILES string of the molecule is CCC(C(=O)NCC(C)(O)c1cc(C)oc1C)c1ccc(OC)cc1. The number of amides is 1. The molecule has 0 radical (unpaired) electrons. The Morgan fingerprint density at radius 3 is 2.44 bits per heavy atom. The summed E-state index contributed by atoms with van der Waals surface area (Å²) in [6, 6.07) is 9.29. The Morgan fingerprint density at radius 1 is 1.32 bits per heavy atom. The molecule has 0 aliphatic rings. The standard InChI is InChI=1S/C20H27NO4/c1-6-17(15-7-9-16(24-5)10-8-15)19(22)21-12-20(4,23)18-11-13(2)25-14(18)3/h7-11,17,23H,6,12H2,1-5H3,(H,21,22). The highest BCUT2D eigenvalue weighted by atomic mass is 16.5. The number of nitrogens with one attached hydrogen (secondary N) is 1. The summed E-state index contributed by atoms with van der Waals surface area (Å²) in [5.74, 6) is 1.79. The van der Waals surface area contributed by atoms with Crippen LogP contribution in [-0.2, 0) is 10.4 Å². The van der Waals surface area contributed by atoms with E-state index in [0.717, 1.165) is 17.1 Å². The van der Waals surface area contributed by atoms with E-state index in [1.54, 1.807) is 14.0 Å². The Bertz CT molecular complexity index is 716. The molecule has 0 fully saturated rings. The van der Waals surface area contributed by atoms with Gasteiger partial charge in [-0.15, -0.1) is 0 Å². The molecule has 2 aromatic rings. The molecule has 1 amide bonds. The van der Waals surface area contributed by atoms with Crippen molar-refractivity contribution in [3.63, 3.8) is 0 Å². The number of hydrogen-bond acceptors (Lipinski definition) is 4. The van der Waals surface area contributed by atoms with E-state index >= 15 is 0 Å². The molecule has 0 spiro atoms. The van der Waals surface area contributed by atoms with Crippen LogP contribution in [0.1, 0.15) is 48.8 Å². The smallest absolute Gasteiger partial charge is 0.227 e. The quantitative estimate of drug-likeness (QED) is 0.806. The van der Waals surface area contributed by atoms with Crippen molar-refractivity contribution >= 4 is 5.91 Å². The fraction of sp³-hybridized carbons (Fsp3) is 0.450. The van der Waals surface area contributed by atoms with Gasteiger partial charge in [0, 0.05) is 5.56 Å². The molecule has 0 saturated carbocycles. The molecular formula is C20H27NO4. The normalized spacial score (nSPS) is 14.6. The van der Waals surface area contributed by atoms with Crippen LogP contribution in [0.5, 0.6) is 5.75 Å². The predicted octanol–water partition coefficient (Wildman–Crippen LogP) is 3.42. The molecule has 5 nitrogen and oxygen atoms in total. The second kappa shape index (κ2) is 7.74. The Kier molecular flexibility index (Phi) is 5.90. The molecule has 1 heterocycles. The molecule has 2 N–H and O–H groups in total. The number of aliphatic hydroxyl groups is 1. The first-order chi connectivity index (χ1) is 11.8. The third kappa shape index (κ3) is 4.42. The van der Waals surface area contributed by atoms with Crippen LogP contribution >= 0.6 is 0 Å². The Hall–Kier alpha value is -2.27. The van der Waals surface area contributed by atoms with Crippen LogP contribution in [0.2, 0.25) is 0 Å². The molecule has 0 bridgehead atoms. The van der Waals surface area contributed by atoms with Crippen LogP contribution < -0.4 is 10.1 Å². The van der Waals surface area contributed by atoms with Crippen molar-refractivity contribution in [2.45, 2.75) is 45.6 Å². The highest BCUT2D eigenvalue weighted by molar-refractivity contribution is 5.83. The third-order valence-corrected chi connectivity index (χ3v) is 4.47. The lowest BCUT2D eigenvalue weighted by atomic mass is 9.93. The number of aryl methyl sites for hydroxylation is 2. The fourth-order valence-corrected chi connectivity index (χ4v) is 3.05. The minimum Gasteiger partial charge on any atom is -0.497 e. The summed E-state index contributed by atoms with van der Waals surface area (Å²) >= 11 is 0. The van der Waals surface area contributed by atoms with Gasteiger partial charge in [-0.1, -0.05) is 19.1 Å². The van der Waals surface area contributed by atoms with Gasteiger partial charge in [-0.25, -0.2) is 0 Å². The van der Waals surface area contributed by atoms with Crippen molar-refractivity contribution in [1.82, 2.24) is 5.32 Å². The highest BCUT2D eigenvalue weighted by Crippen LogP contribution is 2.27. The van der Waals surface area contributed by atoms with Crippen LogP contribution in [0, 0.1) is 13.8 Å². The Morgan fingerprint density at radius 2 is 1.96 bits per heavy atom. The number of carbonyl (C=O) groups is 1. The Labute approximate surface area is 149 Å². The highest BCUT2D eigenvalue weighted by Gasteiger charge is 2.29. The monoisotopic (exact) mass is 345 g/mol. The largest absolute Gasteiger partial charge is 0.497 e. The molecular weight excluding hydrogens is 318 g/mol. The van der Waals surface area contributed by atoms with Crippen LogP contribution in [0.25, 0.3) is 0 Å².